The molecule has 2 heterocycles. The van der Waals surface area contributed by atoms with Crippen LogP contribution in [0.3, 0.4) is 0 Å². The number of rotatable bonds is 3. The SMILES string of the molecule is COCC1CC(C)(n2ccc(=O)[nH]c2=O)CO1. The van der Waals surface area contributed by atoms with Gasteiger partial charge in [-0.2, -0.15) is 0 Å². The van der Waals surface area contributed by atoms with Crippen LogP contribution < -0.4 is 11.2 Å². The van der Waals surface area contributed by atoms with Crippen molar-refractivity contribution in [2.75, 3.05) is 20.3 Å². The van der Waals surface area contributed by atoms with Crippen molar-refractivity contribution in [3.8, 4) is 0 Å². The fraction of sp³-hybridized carbons (Fsp3) is 0.636. The normalized spacial score (nSPS) is 28.5. The van der Waals surface area contributed by atoms with E-state index in [9.17, 15) is 9.59 Å². The van der Waals surface area contributed by atoms with Gasteiger partial charge in [-0.05, 0) is 6.92 Å². The minimum absolute atomic E-state index is 0.0103. The summed E-state index contributed by atoms with van der Waals surface area (Å²) in [6.07, 6.45) is 2.19. The molecule has 1 aromatic heterocycles. The van der Waals surface area contributed by atoms with Gasteiger partial charge in [0.1, 0.15) is 0 Å². The predicted octanol–water partition coefficient (Wildman–Crippen LogP) is -0.313. The van der Waals surface area contributed by atoms with Crippen molar-refractivity contribution >= 4 is 0 Å². The first-order chi connectivity index (χ1) is 8.05. The Kier molecular flexibility index (Phi) is 3.17. The largest absolute Gasteiger partial charge is 0.382 e. The van der Waals surface area contributed by atoms with Crippen molar-refractivity contribution in [2.45, 2.75) is 25.0 Å². The van der Waals surface area contributed by atoms with Crippen LogP contribution in [-0.4, -0.2) is 36.0 Å². The van der Waals surface area contributed by atoms with Crippen LogP contribution in [0.1, 0.15) is 13.3 Å². The van der Waals surface area contributed by atoms with Crippen LogP contribution in [0.4, 0.5) is 0 Å². The number of aromatic amines is 1. The number of nitrogens with zero attached hydrogens (tertiary/aromatic N) is 1. The first-order valence-corrected chi connectivity index (χ1v) is 5.48. The van der Waals surface area contributed by atoms with E-state index in [4.69, 9.17) is 9.47 Å². The van der Waals surface area contributed by atoms with Crippen LogP contribution in [0, 0.1) is 0 Å². The molecule has 2 atom stereocenters. The van der Waals surface area contributed by atoms with Gasteiger partial charge in [-0.15, -0.1) is 0 Å². The minimum atomic E-state index is -0.426. The lowest BCUT2D eigenvalue weighted by Gasteiger charge is -2.24. The predicted molar refractivity (Wildman–Crippen MR) is 61.2 cm³/mol. The van der Waals surface area contributed by atoms with Gasteiger partial charge < -0.3 is 9.47 Å². The van der Waals surface area contributed by atoms with Crippen molar-refractivity contribution in [2.24, 2.45) is 0 Å². The second-order valence-electron chi connectivity index (χ2n) is 4.57. The molecular formula is C11H16N2O4. The Hall–Kier alpha value is -1.40. The maximum absolute atomic E-state index is 11.7. The Labute approximate surface area is 98.2 Å². The van der Waals surface area contributed by atoms with Gasteiger partial charge in [0.25, 0.3) is 5.56 Å². The molecule has 6 nitrogen and oxygen atoms in total. The molecule has 1 aromatic rings. The molecule has 0 aromatic carbocycles. The summed E-state index contributed by atoms with van der Waals surface area (Å²) in [5, 5.41) is 0. The Morgan fingerprint density at radius 1 is 1.65 bits per heavy atom. The van der Waals surface area contributed by atoms with Gasteiger partial charge in [0, 0.05) is 25.8 Å². The molecule has 1 fully saturated rings. The number of nitrogens with one attached hydrogen (secondary N) is 1. The summed E-state index contributed by atoms with van der Waals surface area (Å²) in [5.74, 6) is 0. The van der Waals surface area contributed by atoms with E-state index in [2.05, 4.69) is 4.98 Å². The molecule has 2 unspecified atom stereocenters. The summed E-state index contributed by atoms with van der Waals surface area (Å²) in [7, 11) is 1.62. The zero-order valence-corrected chi connectivity index (χ0v) is 9.93. The van der Waals surface area contributed by atoms with Crippen molar-refractivity contribution in [3.63, 3.8) is 0 Å². The molecular weight excluding hydrogens is 224 g/mol. The van der Waals surface area contributed by atoms with Crippen LogP contribution in [0.2, 0.25) is 0 Å². The lowest BCUT2D eigenvalue weighted by Crippen LogP contribution is -2.42. The van der Waals surface area contributed by atoms with Gasteiger partial charge in [-0.3, -0.25) is 14.3 Å². The molecule has 6 heteroatoms. The fourth-order valence-corrected chi connectivity index (χ4v) is 2.21. The molecule has 0 radical (unpaired) electrons. The van der Waals surface area contributed by atoms with E-state index in [1.54, 1.807) is 7.11 Å². The maximum Gasteiger partial charge on any atom is 0.328 e. The van der Waals surface area contributed by atoms with Gasteiger partial charge >= 0.3 is 5.69 Å². The molecule has 1 aliphatic rings. The van der Waals surface area contributed by atoms with Crippen molar-refractivity contribution in [3.05, 3.63) is 33.1 Å². The molecule has 1 saturated heterocycles. The first-order valence-electron chi connectivity index (χ1n) is 5.48. The Morgan fingerprint density at radius 3 is 3.06 bits per heavy atom. The number of aromatic nitrogens is 2. The summed E-state index contributed by atoms with van der Waals surface area (Å²) in [5.41, 5.74) is -1.21. The highest BCUT2D eigenvalue weighted by Gasteiger charge is 2.38. The molecule has 0 bridgehead atoms. The summed E-state index contributed by atoms with van der Waals surface area (Å²) in [6.45, 7) is 2.88. The van der Waals surface area contributed by atoms with Gasteiger partial charge in [0.05, 0.1) is 24.9 Å². The van der Waals surface area contributed by atoms with Gasteiger partial charge in [-0.25, -0.2) is 4.79 Å². The number of H-pyrrole nitrogens is 1. The molecule has 1 N–H and O–H groups in total. The average molecular weight is 240 g/mol. The van der Waals surface area contributed by atoms with E-state index in [0.717, 1.165) is 0 Å². The Bertz CT molecular complexity index is 507. The molecule has 0 aliphatic carbocycles. The van der Waals surface area contributed by atoms with Crippen LogP contribution in [0.25, 0.3) is 0 Å². The smallest absolute Gasteiger partial charge is 0.328 e. The topological polar surface area (TPSA) is 73.3 Å². The summed E-state index contributed by atoms with van der Waals surface area (Å²) >= 11 is 0. The van der Waals surface area contributed by atoms with Crippen LogP contribution in [0.5, 0.6) is 0 Å². The Morgan fingerprint density at radius 2 is 2.41 bits per heavy atom. The molecule has 94 valence electrons. The molecule has 0 spiro atoms. The van der Waals surface area contributed by atoms with Crippen molar-refractivity contribution < 1.29 is 9.47 Å². The summed E-state index contributed by atoms with van der Waals surface area (Å²) < 4.78 is 12.1. The first kappa shape index (κ1) is 12.1. The Balaban J connectivity index is 2.28. The van der Waals surface area contributed by atoms with Crippen LogP contribution in [-0.2, 0) is 15.0 Å². The molecule has 2 rings (SSSR count). The lowest BCUT2D eigenvalue weighted by atomic mass is 9.98. The highest BCUT2D eigenvalue weighted by atomic mass is 16.5. The van der Waals surface area contributed by atoms with E-state index in [-0.39, 0.29) is 11.7 Å². The summed E-state index contributed by atoms with van der Waals surface area (Å²) in [6, 6.07) is 1.34. The third-order valence-corrected chi connectivity index (χ3v) is 3.06. The number of hydrogen-bond acceptors (Lipinski definition) is 4. The second-order valence-corrected chi connectivity index (χ2v) is 4.57. The average Bonchev–Trinajstić information content (AvgIpc) is 2.61. The number of ether oxygens (including phenoxy) is 2. The zero-order valence-electron chi connectivity index (χ0n) is 9.93. The molecule has 1 aliphatic heterocycles. The van der Waals surface area contributed by atoms with E-state index < -0.39 is 11.2 Å². The van der Waals surface area contributed by atoms with E-state index in [1.165, 1.54) is 16.8 Å². The number of hydrogen-bond donors (Lipinski definition) is 1. The van der Waals surface area contributed by atoms with Crippen LogP contribution in [0.15, 0.2) is 21.9 Å². The summed E-state index contributed by atoms with van der Waals surface area (Å²) in [4.78, 5) is 25.0. The third kappa shape index (κ3) is 2.32. The maximum atomic E-state index is 11.7. The van der Waals surface area contributed by atoms with Gasteiger partial charge in [-0.1, -0.05) is 0 Å². The highest BCUT2D eigenvalue weighted by Crippen LogP contribution is 2.29. The monoisotopic (exact) mass is 240 g/mol. The van der Waals surface area contributed by atoms with E-state index in [0.29, 0.717) is 19.6 Å². The van der Waals surface area contributed by atoms with Crippen LogP contribution >= 0.6 is 0 Å². The molecule has 0 saturated carbocycles. The zero-order chi connectivity index (χ0) is 12.5. The van der Waals surface area contributed by atoms with Gasteiger partial charge in [0.15, 0.2) is 0 Å². The molecule has 17 heavy (non-hydrogen) atoms. The highest BCUT2D eigenvalue weighted by molar-refractivity contribution is 4.95. The van der Waals surface area contributed by atoms with Gasteiger partial charge in [0.2, 0.25) is 0 Å². The third-order valence-electron chi connectivity index (χ3n) is 3.06. The second kappa shape index (κ2) is 4.46. The quantitative estimate of drug-likeness (QED) is 0.786. The molecule has 0 amide bonds. The number of methoxy groups -OCH3 is 1. The minimum Gasteiger partial charge on any atom is -0.382 e. The van der Waals surface area contributed by atoms with E-state index in [1.807, 2.05) is 6.92 Å². The van der Waals surface area contributed by atoms with E-state index >= 15 is 0 Å². The fourth-order valence-electron chi connectivity index (χ4n) is 2.21. The standard InChI is InChI=1S/C11H16N2O4/c1-11(5-8(6-16-2)17-7-11)13-4-3-9(14)12-10(13)15/h3-4,8H,5-7H2,1-2H3,(H,12,14,15). The van der Waals surface area contributed by atoms with Crippen molar-refractivity contribution in [1.29, 1.82) is 0 Å². The lowest BCUT2D eigenvalue weighted by molar-refractivity contribution is 0.0348. The van der Waals surface area contributed by atoms with Crippen molar-refractivity contribution in [1.82, 2.24) is 9.55 Å².